The molecule has 0 fully saturated rings. The summed E-state index contributed by atoms with van der Waals surface area (Å²) in [4.78, 5) is 9.17. The Labute approximate surface area is 211 Å². The molecule has 3 aromatic carbocycles. The van der Waals surface area contributed by atoms with Crippen molar-refractivity contribution in [2.45, 2.75) is 6.61 Å². The lowest BCUT2D eigenvalue weighted by atomic mass is 10.1. The topological polar surface area (TPSA) is 73.0 Å². The molecule has 6 nitrogen and oxygen atoms in total. The number of nitrogens with zero attached hydrogens (tertiary/aromatic N) is 4. The van der Waals surface area contributed by atoms with E-state index in [2.05, 4.69) is 11.1 Å². The van der Waals surface area contributed by atoms with E-state index < -0.39 is 11.6 Å². The fourth-order valence-corrected chi connectivity index (χ4v) is 3.94. The largest absolute Gasteiger partial charge is 0.493 e. The van der Waals surface area contributed by atoms with Crippen molar-refractivity contribution in [3.8, 4) is 23.4 Å². The molecule has 0 saturated carbocycles. The van der Waals surface area contributed by atoms with Crippen LogP contribution in [0.3, 0.4) is 0 Å². The second kappa shape index (κ2) is 10.3. The van der Waals surface area contributed by atoms with Gasteiger partial charge in [0.15, 0.2) is 11.5 Å². The molecule has 0 bridgehead atoms. The van der Waals surface area contributed by atoms with Crippen LogP contribution >= 0.6 is 0 Å². The average molecular weight is 495 g/mol. The summed E-state index contributed by atoms with van der Waals surface area (Å²) in [6.07, 6.45) is 5.09. The summed E-state index contributed by atoms with van der Waals surface area (Å²) in [5.74, 6) is 0.576. The van der Waals surface area contributed by atoms with Crippen LogP contribution in [0.25, 0.3) is 29.0 Å². The van der Waals surface area contributed by atoms with E-state index in [0.29, 0.717) is 34.3 Å². The van der Waals surface area contributed by atoms with Crippen LogP contribution in [0.15, 0.2) is 79.0 Å². The standard InChI is InChI=1S/C29H20F2N4O2/c1-36-26-11-4-6-20(29(26)37-18-21-22(30)7-5-8-23(21)31)13-15-28-34-24-9-2-3-10-25(24)35(28)27-14-12-19(16-32)17-33-27/h2-15,17H,18H2,1H3. The summed E-state index contributed by atoms with van der Waals surface area (Å²) >= 11 is 0. The summed E-state index contributed by atoms with van der Waals surface area (Å²) in [6, 6.07) is 22.1. The Morgan fingerprint density at radius 3 is 2.46 bits per heavy atom. The van der Waals surface area contributed by atoms with Gasteiger partial charge in [-0.05, 0) is 54.6 Å². The molecule has 0 radical (unpaired) electrons. The van der Waals surface area contributed by atoms with Crippen molar-refractivity contribution in [1.29, 1.82) is 5.26 Å². The Hall–Kier alpha value is -5.03. The van der Waals surface area contributed by atoms with Crippen molar-refractivity contribution >= 4 is 23.2 Å². The van der Waals surface area contributed by atoms with Crippen LogP contribution < -0.4 is 9.47 Å². The van der Waals surface area contributed by atoms with Gasteiger partial charge in [0.05, 0.1) is 29.3 Å². The predicted octanol–water partition coefficient (Wildman–Crippen LogP) is 6.33. The fraction of sp³-hybridized carbons (Fsp3) is 0.0690. The number of nitriles is 1. The quantitative estimate of drug-likeness (QED) is 0.264. The first-order valence-corrected chi connectivity index (χ1v) is 11.3. The molecule has 0 unspecified atom stereocenters. The molecule has 0 amide bonds. The van der Waals surface area contributed by atoms with E-state index in [1.807, 2.05) is 28.8 Å². The molecule has 8 heteroatoms. The minimum atomic E-state index is -0.685. The summed E-state index contributed by atoms with van der Waals surface area (Å²) in [5, 5.41) is 9.13. The summed E-state index contributed by atoms with van der Waals surface area (Å²) in [7, 11) is 1.50. The first-order valence-electron chi connectivity index (χ1n) is 11.3. The second-order valence-electron chi connectivity index (χ2n) is 8.01. The van der Waals surface area contributed by atoms with E-state index >= 15 is 0 Å². The third-order valence-corrected chi connectivity index (χ3v) is 5.76. The third kappa shape index (κ3) is 4.75. The van der Waals surface area contributed by atoms with Crippen LogP contribution in [0, 0.1) is 23.0 Å². The molecule has 0 N–H and O–H groups in total. The highest BCUT2D eigenvalue weighted by atomic mass is 19.1. The molecular formula is C29H20F2N4O2. The molecule has 5 aromatic rings. The van der Waals surface area contributed by atoms with Crippen molar-refractivity contribution in [3.63, 3.8) is 0 Å². The van der Waals surface area contributed by atoms with E-state index in [1.54, 1.807) is 42.5 Å². The van der Waals surface area contributed by atoms with Crippen molar-refractivity contribution in [2.75, 3.05) is 7.11 Å². The van der Waals surface area contributed by atoms with Crippen molar-refractivity contribution < 1.29 is 18.3 Å². The van der Waals surface area contributed by atoms with Crippen LogP contribution in [0.4, 0.5) is 8.78 Å². The van der Waals surface area contributed by atoms with Crippen LogP contribution in [-0.2, 0) is 6.61 Å². The molecule has 37 heavy (non-hydrogen) atoms. The van der Waals surface area contributed by atoms with Gasteiger partial charge in [0.25, 0.3) is 0 Å². The number of halogens is 2. The zero-order valence-electron chi connectivity index (χ0n) is 19.7. The van der Waals surface area contributed by atoms with Crippen LogP contribution in [-0.4, -0.2) is 21.6 Å². The van der Waals surface area contributed by atoms with Gasteiger partial charge in [-0.2, -0.15) is 5.26 Å². The number of hydrogen-bond acceptors (Lipinski definition) is 5. The van der Waals surface area contributed by atoms with Crippen molar-refractivity contribution in [3.05, 3.63) is 113 Å². The zero-order valence-corrected chi connectivity index (χ0v) is 19.7. The SMILES string of the molecule is COc1cccc(C=Cc2nc3ccccc3n2-c2ccc(C#N)cn2)c1OCc1c(F)cccc1F. The molecule has 0 aliphatic heterocycles. The maximum Gasteiger partial charge on any atom is 0.168 e. The van der Waals surface area contributed by atoms with E-state index in [4.69, 9.17) is 19.7 Å². The Kier molecular flexibility index (Phi) is 6.60. The number of benzene rings is 3. The van der Waals surface area contributed by atoms with Gasteiger partial charge in [0.2, 0.25) is 0 Å². The molecular weight excluding hydrogens is 474 g/mol. The number of methoxy groups -OCH3 is 1. The molecule has 2 heterocycles. The van der Waals surface area contributed by atoms with Gasteiger partial charge in [0, 0.05) is 11.8 Å². The lowest BCUT2D eigenvalue weighted by Gasteiger charge is -2.14. The first-order chi connectivity index (χ1) is 18.1. The van der Waals surface area contributed by atoms with Crippen LogP contribution in [0.5, 0.6) is 11.5 Å². The highest BCUT2D eigenvalue weighted by Crippen LogP contribution is 2.34. The molecule has 0 aliphatic rings. The highest BCUT2D eigenvalue weighted by Gasteiger charge is 2.15. The van der Waals surface area contributed by atoms with Gasteiger partial charge in [-0.3, -0.25) is 4.57 Å². The number of hydrogen-bond donors (Lipinski definition) is 0. The number of para-hydroxylation sites is 3. The van der Waals surface area contributed by atoms with Crippen LogP contribution in [0.2, 0.25) is 0 Å². The number of aromatic nitrogens is 3. The normalized spacial score (nSPS) is 11.1. The van der Waals surface area contributed by atoms with Gasteiger partial charge in [-0.25, -0.2) is 18.7 Å². The first kappa shape index (κ1) is 23.7. The molecule has 2 aromatic heterocycles. The average Bonchev–Trinajstić information content (AvgIpc) is 3.30. The molecule has 5 rings (SSSR count). The number of pyridine rings is 1. The summed E-state index contributed by atoms with van der Waals surface area (Å²) in [5.41, 5.74) is 2.52. The Balaban J connectivity index is 1.54. The van der Waals surface area contributed by atoms with Crippen molar-refractivity contribution in [2.24, 2.45) is 0 Å². The zero-order chi connectivity index (χ0) is 25.8. The smallest absolute Gasteiger partial charge is 0.168 e. The Morgan fingerprint density at radius 2 is 1.73 bits per heavy atom. The molecule has 182 valence electrons. The number of fused-ring (bicyclic) bond motifs is 1. The lowest BCUT2D eigenvalue weighted by Crippen LogP contribution is -2.04. The Bertz CT molecular complexity index is 1630. The number of imidazole rings is 1. The number of rotatable bonds is 7. The van der Waals surface area contributed by atoms with E-state index in [0.717, 1.165) is 11.0 Å². The third-order valence-electron chi connectivity index (χ3n) is 5.76. The summed E-state index contributed by atoms with van der Waals surface area (Å²) < 4.78 is 41.5. The van der Waals surface area contributed by atoms with E-state index in [1.165, 1.54) is 31.5 Å². The van der Waals surface area contributed by atoms with Gasteiger partial charge in [-0.15, -0.1) is 0 Å². The summed E-state index contributed by atoms with van der Waals surface area (Å²) in [6.45, 7) is -0.312. The molecule has 0 spiro atoms. The molecule has 0 saturated heterocycles. The lowest BCUT2D eigenvalue weighted by molar-refractivity contribution is 0.273. The van der Waals surface area contributed by atoms with Gasteiger partial charge < -0.3 is 9.47 Å². The predicted molar refractivity (Wildman–Crippen MR) is 136 cm³/mol. The monoisotopic (exact) mass is 494 g/mol. The van der Waals surface area contributed by atoms with E-state index in [9.17, 15) is 8.78 Å². The molecule has 0 aliphatic carbocycles. The van der Waals surface area contributed by atoms with Gasteiger partial charge >= 0.3 is 0 Å². The maximum atomic E-state index is 14.2. The minimum absolute atomic E-state index is 0.169. The van der Waals surface area contributed by atoms with Crippen molar-refractivity contribution in [1.82, 2.24) is 14.5 Å². The van der Waals surface area contributed by atoms with Gasteiger partial charge in [-0.1, -0.05) is 30.3 Å². The van der Waals surface area contributed by atoms with Crippen LogP contribution in [0.1, 0.15) is 22.5 Å². The fourth-order valence-electron chi connectivity index (χ4n) is 3.94. The maximum absolute atomic E-state index is 14.2. The highest BCUT2D eigenvalue weighted by molar-refractivity contribution is 5.82. The Morgan fingerprint density at radius 1 is 0.946 bits per heavy atom. The second-order valence-corrected chi connectivity index (χ2v) is 8.01. The minimum Gasteiger partial charge on any atom is -0.493 e. The molecule has 0 atom stereocenters. The number of ether oxygens (including phenoxy) is 2. The van der Waals surface area contributed by atoms with E-state index in [-0.39, 0.29) is 12.2 Å². The van der Waals surface area contributed by atoms with Gasteiger partial charge in [0.1, 0.15) is 36.0 Å².